The first-order valence-electron chi connectivity index (χ1n) is 8.15. The molecular weight excluding hydrogens is 312 g/mol. The third-order valence-corrected chi connectivity index (χ3v) is 4.75. The first kappa shape index (κ1) is 18.2. The second-order valence-electron chi connectivity index (χ2n) is 6.79. The Morgan fingerprint density at radius 3 is 2.75 bits per heavy atom. The summed E-state index contributed by atoms with van der Waals surface area (Å²) in [6.45, 7) is 7.35. The first-order chi connectivity index (χ1) is 11.2. The minimum absolute atomic E-state index is 0.0525. The summed E-state index contributed by atoms with van der Waals surface area (Å²) < 4.78 is 1.41. The molecule has 0 saturated carbocycles. The fourth-order valence-electron chi connectivity index (χ4n) is 3.13. The summed E-state index contributed by atoms with van der Waals surface area (Å²) in [5, 5.41) is 18.4. The Morgan fingerprint density at radius 1 is 1.58 bits per heavy atom. The van der Waals surface area contributed by atoms with Crippen molar-refractivity contribution in [3.05, 3.63) is 15.8 Å². The SMILES string of the molecule is CCC(Nc1c([N+](=O)[O-])c(C)nn1C)C(=O)N1CCC(C)(CN)C1. The third kappa shape index (κ3) is 3.35. The first-order valence-corrected chi connectivity index (χ1v) is 8.15. The number of hydrogen-bond donors (Lipinski definition) is 2. The summed E-state index contributed by atoms with van der Waals surface area (Å²) in [6, 6.07) is -0.529. The van der Waals surface area contributed by atoms with E-state index < -0.39 is 11.0 Å². The molecule has 1 amide bonds. The van der Waals surface area contributed by atoms with E-state index in [0.29, 0.717) is 31.7 Å². The number of nitrogens with one attached hydrogen (secondary N) is 1. The molecule has 1 aliphatic heterocycles. The van der Waals surface area contributed by atoms with Crippen LogP contribution in [-0.4, -0.2) is 51.2 Å². The average Bonchev–Trinajstić information content (AvgIpc) is 3.05. The molecule has 1 aromatic rings. The topological polar surface area (TPSA) is 119 Å². The zero-order chi connectivity index (χ0) is 18.1. The predicted octanol–water partition coefficient (Wildman–Crippen LogP) is 1.02. The molecule has 0 radical (unpaired) electrons. The Morgan fingerprint density at radius 2 is 2.25 bits per heavy atom. The Kier molecular flexibility index (Phi) is 5.12. The Balaban J connectivity index is 2.19. The largest absolute Gasteiger partial charge is 0.353 e. The lowest BCUT2D eigenvalue weighted by molar-refractivity contribution is -0.384. The predicted molar refractivity (Wildman–Crippen MR) is 90.7 cm³/mol. The summed E-state index contributed by atoms with van der Waals surface area (Å²) in [5.41, 5.74) is 5.98. The van der Waals surface area contributed by atoms with Gasteiger partial charge in [0.1, 0.15) is 11.7 Å². The lowest BCUT2D eigenvalue weighted by atomic mass is 9.90. The second kappa shape index (κ2) is 6.76. The van der Waals surface area contributed by atoms with Crippen LogP contribution in [0, 0.1) is 22.5 Å². The van der Waals surface area contributed by atoms with Crippen LogP contribution in [0.3, 0.4) is 0 Å². The number of aryl methyl sites for hydroxylation is 2. The molecule has 2 atom stereocenters. The summed E-state index contributed by atoms with van der Waals surface area (Å²) >= 11 is 0. The standard InChI is InChI=1S/C15H26N6O3/c1-5-11(14(22)20-7-6-15(3,8-16)9-20)17-13-12(21(23)24)10(2)18-19(13)4/h11,17H,5-9,16H2,1-4H3. The van der Waals surface area contributed by atoms with Gasteiger partial charge in [0.25, 0.3) is 0 Å². The summed E-state index contributed by atoms with van der Waals surface area (Å²) in [6.07, 6.45) is 1.40. The molecule has 1 aromatic heterocycles. The lowest BCUT2D eigenvalue weighted by Gasteiger charge is -2.26. The van der Waals surface area contributed by atoms with Crippen LogP contribution in [0.1, 0.15) is 32.4 Å². The van der Waals surface area contributed by atoms with Gasteiger partial charge in [0.15, 0.2) is 0 Å². The van der Waals surface area contributed by atoms with Crippen molar-refractivity contribution in [2.45, 2.75) is 39.7 Å². The quantitative estimate of drug-likeness (QED) is 0.590. The van der Waals surface area contributed by atoms with Crippen LogP contribution >= 0.6 is 0 Å². The molecule has 1 aliphatic rings. The van der Waals surface area contributed by atoms with Gasteiger partial charge in [-0.1, -0.05) is 13.8 Å². The van der Waals surface area contributed by atoms with Crippen molar-refractivity contribution in [2.24, 2.45) is 18.2 Å². The molecular formula is C15H26N6O3. The van der Waals surface area contributed by atoms with E-state index in [1.807, 2.05) is 6.92 Å². The molecule has 1 saturated heterocycles. The number of carbonyl (C=O) groups is 1. The van der Waals surface area contributed by atoms with E-state index in [4.69, 9.17) is 5.73 Å². The number of nitro groups is 1. The normalized spacial score (nSPS) is 21.8. The van der Waals surface area contributed by atoms with Gasteiger partial charge in [-0.05, 0) is 31.7 Å². The van der Waals surface area contributed by atoms with Crippen molar-refractivity contribution < 1.29 is 9.72 Å². The summed E-state index contributed by atoms with van der Waals surface area (Å²) in [5.74, 6) is 0.210. The van der Waals surface area contributed by atoms with Crippen molar-refractivity contribution >= 4 is 17.4 Å². The number of hydrogen-bond acceptors (Lipinski definition) is 6. The molecule has 0 aliphatic carbocycles. The van der Waals surface area contributed by atoms with Crippen molar-refractivity contribution in [3.63, 3.8) is 0 Å². The maximum absolute atomic E-state index is 12.8. The second-order valence-corrected chi connectivity index (χ2v) is 6.79. The van der Waals surface area contributed by atoms with Gasteiger partial charge in [0.2, 0.25) is 11.7 Å². The van der Waals surface area contributed by atoms with E-state index in [9.17, 15) is 14.9 Å². The Hall–Kier alpha value is -2.16. The van der Waals surface area contributed by atoms with Crippen LogP contribution in [-0.2, 0) is 11.8 Å². The molecule has 9 heteroatoms. The highest BCUT2D eigenvalue weighted by molar-refractivity contribution is 5.85. The number of nitrogens with two attached hydrogens (primary N) is 1. The van der Waals surface area contributed by atoms with Crippen molar-refractivity contribution in [1.82, 2.24) is 14.7 Å². The van der Waals surface area contributed by atoms with Crippen molar-refractivity contribution in [1.29, 1.82) is 0 Å². The fourth-order valence-corrected chi connectivity index (χ4v) is 3.13. The van der Waals surface area contributed by atoms with E-state index in [-0.39, 0.29) is 22.8 Å². The van der Waals surface area contributed by atoms with Crippen molar-refractivity contribution in [2.75, 3.05) is 25.0 Å². The fraction of sp³-hybridized carbons (Fsp3) is 0.733. The van der Waals surface area contributed by atoms with Crippen LogP contribution in [0.4, 0.5) is 11.5 Å². The zero-order valence-corrected chi connectivity index (χ0v) is 14.7. The molecule has 9 nitrogen and oxygen atoms in total. The van der Waals surface area contributed by atoms with Crippen LogP contribution in [0.2, 0.25) is 0 Å². The lowest BCUT2D eigenvalue weighted by Crippen LogP contribution is -2.43. The molecule has 24 heavy (non-hydrogen) atoms. The number of likely N-dealkylation sites (tertiary alicyclic amines) is 1. The maximum Gasteiger partial charge on any atom is 0.333 e. The van der Waals surface area contributed by atoms with E-state index >= 15 is 0 Å². The molecule has 2 unspecified atom stereocenters. The monoisotopic (exact) mass is 338 g/mol. The minimum atomic E-state index is -0.529. The Bertz CT molecular complexity index is 643. The molecule has 2 rings (SSSR count). The van der Waals surface area contributed by atoms with Gasteiger partial charge in [-0.3, -0.25) is 14.9 Å². The van der Waals surface area contributed by atoms with E-state index in [0.717, 1.165) is 6.42 Å². The number of anilines is 1. The molecule has 3 N–H and O–H groups in total. The molecule has 1 fully saturated rings. The molecule has 0 spiro atoms. The van der Waals surface area contributed by atoms with E-state index in [1.54, 1.807) is 18.9 Å². The van der Waals surface area contributed by atoms with Crippen LogP contribution < -0.4 is 11.1 Å². The van der Waals surface area contributed by atoms with Crippen molar-refractivity contribution in [3.8, 4) is 0 Å². The molecule has 2 heterocycles. The van der Waals surface area contributed by atoms with Gasteiger partial charge in [-0.25, -0.2) is 4.68 Å². The zero-order valence-electron chi connectivity index (χ0n) is 14.7. The number of aromatic nitrogens is 2. The molecule has 0 bridgehead atoms. The smallest absolute Gasteiger partial charge is 0.333 e. The molecule has 134 valence electrons. The van der Waals surface area contributed by atoms with Crippen LogP contribution in [0.5, 0.6) is 0 Å². The summed E-state index contributed by atoms with van der Waals surface area (Å²) in [7, 11) is 1.63. The average molecular weight is 338 g/mol. The highest BCUT2D eigenvalue weighted by Crippen LogP contribution is 2.31. The molecule has 0 aromatic carbocycles. The number of rotatable bonds is 6. The minimum Gasteiger partial charge on any atom is -0.353 e. The van der Waals surface area contributed by atoms with Gasteiger partial charge < -0.3 is 16.0 Å². The van der Waals surface area contributed by atoms with Gasteiger partial charge in [0.05, 0.1) is 4.92 Å². The van der Waals surface area contributed by atoms with E-state index in [1.165, 1.54) is 4.68 Å². The van der Waals surface area contributed by atoms with Gasteiger partial charge in [-0.2, -0.15) is 5.10 Å². The van der Waals surface area contributed by atoms with Gasteiger partial charge >= 0.3 is 5.69 Å². The van der Waals surface area contributed by atoms with Crippen LogP contribution in [0.15, 0.2) is 0 Å². The maximum atomic E-state index is 12.8. The highest BCUT2D eigenvalue weighted by atomic mass is 16.6. The highest BCUT2D eigenvalue weighted by Gasteiger charge is 2.37. The number of carbonyl (C=O) groups excluding carboxylic acids is 1. The third-order valence-electron chi connectivity index (χ3n) is 4.75. The van der Waals surface area contributed by atoms with E-state index in [2.05, 4.69) is 17.3 Å². The van der Waals surface area contributed by atoms with Gasteiger partial charge in [-0.15, -0.1) is 0 Å². The number of amides is 1. The number of nitrogens with zero attached hydrogens (tertiary/aromatic N) is 4. The Labute approximate surface area is 141 Å². The summed E-state index contributed by atoms with van der Waals surface area (Å²) in [4.78, 5) is 25.4. The van der Waals surface area contributed by atoms with Crippen LogP contribution in [0.25, 0.3) is 0 Å². The van der Waals surface area contributed by atoms with Gasteiger partial charge in [0, 0.05) is 20.1 Å².